The van der Waals surface area contributed by atoms with Gasteiger partial charge in [0.25, 0.3) is 0 Å². The Balaban J connectivity index is 2.39. The molecule has 0 aromatic heterocycles. The predicted octanol–water partition coefficient (Wildman–Crippen LogP) is 1.80. The maximum atomic E-state index is 11.4. The van der Waals surface area contributed by atoms with E-state index in [9.17, 15) is 9.59 Å². The lowest BCUT2D eigenvalue weighted by Crippen LogP contribution is -2.40. The van der Waals surface area contributed by atoms with Crippen molar-refractivity contribution in [2.24, 2.45) is 0 Å². The monoisotopic (exact) mass is 211 g/mol. The van der Waals surface area contributed by atoms with Gasteiger partial charge in [0.1, 0.15) is 5.60 Å². The molecule has 1 N–H and O–H groups in total. The summed E-state index contributed by atoms with van der Waals surface area (Å²) in [6.07, 6.45) is 3.90. The maximum absolute atomic E-state index is 11.4. The van der Waals surface area contributed by atoms with Crippen LogP contribution in [-0.4, -0.2) is 23.5 Å². The van der Waals surface area contributed by atoms with E-state index in [4.69, 9.17) is 4.74 Å². The number of nitrogens with one attached hydrogen (secondary N) is 1. The molecule has 0 aliphatic heterocycles. The summed E-state index contributed by atoms with van der Waals surface area (Å²) >= 11 is 0. The average Bonchev–Trinajstić information content (AvgIpc) is 1.99. The summed E-state index contributed by atoms with van der Waals surface area (Å²) in [5.41, 5.74) is -0.501. The van der Waals surface area contributed by atoms with Gasteiger partial charge in [-0.2, -0.15) is 0 Å². The van der Waals surface area contributed by atoms with E-state index in [0.717, 1.165) is 0 Å². The molecule has 84 valence electrons. The number of alkyl carbamates (subject to hydrolysis) is 1. The van der Waals surface area contributed by atoms with Gasteiger partial charge in [0.15, 0.2) is 5.78 Å². The van der Waals surface area contributed by atoms with Crippen molar-refractivity contribution in [2.75, 3.05) is 0 Å². The molecule has 0 aromatic carbocycles. The van der Waals surface area contributed by atoms with Crippen LogP contribution in [0.1, 0.15) is 33.6 Å². The van der Waals surface area contributed by atoms with E-state index in [0.29, 0.717) is 12.8 Å². The van der Waals surface area contributed by atoms with E-state index in [-0.39, 0.29) is 11.8 Å². The smallest absolute Gasteiger partial charge is 0.407 e. The van der Waals surface area contributed by atoms with E-state index >= 15 is 0 Å². The largest absolute Gasteiger partial charge is 0.444 e. The molecule has 1 amide bonds. The second-order valence-electron chi connectivity index (χ2n) is 4.65. The molecule has 1 aliphatic rings. The van der Waals surface area contributed by atoms with Crippen LogP contribution < -0.4 is 5.32 Å². The SMILES string of the molecule is CC(C)(C)OC(=O)N[C@H]1CC=CC(=O)C1. The molecule has 0 fully saturated rings. The van der Waals surface area contributed by atoms with Crippen molar-refractivity contribution in [1.82, 2.24) is 5.32 Å². The van der Waals surface area contributed by atoms with Crippen LogP contribution in [-0.2, 0) is 9.53 Å². The molecule has 0 saturated heterocycles. The molecule has 0 spiro atoms. The van der Waals surface area contributed by atoms with Crippen molar-refractivity contribution in [3.63, 3.8) is 0 Å². The van der Waals surface area contributed by atoms with Crippen LogP contribution in [0, 0.1) is 0 Å². The van der Waals surface area contributed by atoms with Gasteiger partial charge in [-0.3, -0.25) is 4.79 Å². The average molecular weight is 211 g/mol. The summed E-state index contributed by atoms with van der Waals surface area (Å²) in [5, 5.41) is 2.67. The molecule has 0 radical (unpaired) electrons. The van der Waals surface area contributed by atoms with Crippen LogP contribution in [0.4, 0.5) is 4.79 Å². The second kappa shape index (κ2) is 4.47. The maximum Gasteiger partial charge on any atom is 0.407 e. The van der Waals surface area contributed by atoms with Crippen LogP contribution in [0.2, 0.25) is 0 Å². The number of rotatable bonds is 1. The van der Waals surface area contributed by atoms with Crippen LogP contribution in [0.3, 0.4) is 0 Å². The van der Waals surface area contributed by atoms with Gasteiger partial charge in [0.2, 0.25) is 0 Å². The van der Waals surface area contributed by atoms with Gasteiger partial charge in [-0.25, -0.2) is 4.79 Å². The number of carbonyl (C=O) groups is 2. The van der Waals surface area contributed by atoms with Crippen LogP contribution in [0.25, 0.3) is 0 Å². The first kappa shape index (κ1) is 11.8. The number of carbonyl (C=O) groups excluding carboxylic acids is 2. The first-order chi connectivity index (χ1) is 6.87. The number of hydrogen-bond donors (Lipinski definition) is 1. The zero-order valence-electron chi connectivity index (χ0n) is 9.37. The Hall–Kier alpha value is -1.32. The third-order valence-electron chi connectivity index (χ3n) is 1.89. The minimum absolute atomic E-state index is 0.0438. The van der Waals surface area contributed by atoms with E-state index in [1.165, 1.54) is 0 Å². The minimum atomic E-state index is -0.501. The molecule has 15 heavy (non-hydrogen) atoms. The normalized spacial score (nSPS) is 21.3. The fraction of sp³-hybridized carbons (Fsp3) is 0.636. The summed E-state index contributed by atoms with van der Waals surface area (Å²) in [5.74, 6) is 0.0438. The molecule has 4 nitrogen and oxygen atoms in total. The van der Waals surface area contributed by atoms with Gasteiger partial charge in [0, 0.05) is 12.5 Å². The van der Waals surface area contributed by atoms with Gasteiger partial charge in [0.05, 0.1) is 0 Å². The molecular formula is C11H17NO3. The topological polar surface area (TPSA) is 55.4 Å². The Labute approximate surface area is 89.7 Å². The van der Waals surface area contributed by atoms with Crippen molar-refractivity contribution >= 4 is 11.9 Å². The lowest BCUT2D eigenvalue weighted by Gasteiger charge is -2.23. The highest BCUT2D eigenvalue weighted by atomic mass is 16.6. The summed E-state index contributed by atoms with van der Waals surface area (Å²) in [7, 11) is 0. The van der Waals surface area contributed by atoms with Crippen LogP contribution in [0.5, 0.6) is 0 Å². The lowest BCUT2D eigenvalue weighted by atomic mass is 10.0. The summed E-state index contributed by atoms with van der Waals surface area (Å²) in [6.45, 7) is 5.41. The van der Waals surface area contributed by atoms with Gasteiger partial charge in [-0.15, -0.1) is 0 Å². The third kappa shape index (κ3) is 4.63. The predicted molar refractivity (Wildman–Crippen MR) is 56.5 cm³/mol. The zero-order chi connectivity index (χ0) is 11.5. The zero-order valence-corrected chi connectivity index (χ0v) is 9.37. The summed E-state index contributed by atoms with van der Waals surface area (Å²) in [4.78, 5) is 22.4. The molecule has 4 heteroatoms. The van der Waals surface area contributed by atoms with Crippen molar-refractivity contribution < 1.29 is 14.3 Å². The highest BCUT2D eigenvalue weighted by Gasteiger charge is 2.21. The number of ether oxygens (including phenoxy) is 1. The fourth-order valence-corrected chi connectivity index (χ4v) is 1.34. The Kier molecular flexibility index (Phi) is 3.50. The van der Waals surface area contributed by atoms with Gasteiger partial charge in [-0.05, 0) is 33.3 Å². The molecule has 0 saturated carbocycles. The highest BCUT2D eigenvalue weighted by molar-refractivity contribution is 5.91. The minimum Gasteiger partial charge on any atom is -0.444 e. The Morgan fingerprint density at radius 3 is 2.73 bits per heavy atom. The molecule has 0 aromatic rings. The Bertz CT molecular complexity index is 289. The fourth-order valence-electron chi connectivity index (χ4n) is 1.34. The van der Waals surface area contributed by atoms with Crippen molar-refractivity contribution in [3.05, 3.63) is 12.2 Å². The lowest BCUT2D eigenvalue weighted by molar-refractivity contribution is -0.115. The molecule has 1 rings (SSSR count). The number of amides is 1. The third-order valence-corrected chi connectivity index (χ3v) is 1.89. The molecule has 1 atom stereocenters. The molecule has 0 bridgehead atoms. The Morgan fingerprint density at radius 1 is 1.53 bits per heavy atom. The van der Waals surface area contributed by atoms with Gasteiger partial charge < -0.3 is 10.1 Å². The molecule has 0 heterocycles. The van der Waals surface area contributed by atoms with E-state index in [1.807, 2.05) is 0 Å². The van der Waals surface area contributed by atoms with E-state index < -0.39 is 11.7 Å². The van der Waals surface area contributed by atoms with Crippen molar-refractivity contribution in [2.45, 2.75) is 45.3 Å². The Morgan fingerprint density at radius 2 is 2.20 bits per heavy atom. The first-order valence-electron chi connectivity index (χ1n) is 5.06. The van der Waals surface area contributed by atoms with E-state index in [2.05, 4.69) is 5.32 Å². The van der Waals surface area contributed by atoms with Crippen LogP contribution in [0.15, 0.2) is 12.2 Å². The van der Waals surface area contributed by atoms with Crippen molar-refractivity contribution in [1.29, 1.82) is 0 Å². The molecule has 1 aliphatic carbocycles. The number of ketones is 1. The standard InChI is InChI=1S/C11H17NO3/c1-11(2,3)15-10(14)12-8-5-4-6-9(13)7-8/h4,6,8H,5,7H2,1-3H3,(H,12,14)/t8-/m0/s1. The second-order valence-corrected chi connectivity index (χ2v) is 4.65. The molecule has 0 unspecified atom stereocenters. The summed E-state index contributed by atoms with van der Waals surface area (Å²) < 4.78 is 5.09. The van der Waals surface area contributed by atoms with Crippen molar-refractivity contribution in [3.8, 4) is 0 Å². The number of hydrogen-bond acceptors (Lipinski definition) is 3. The quantitative estimate of drug-likeness (QED) is 0.719. The molecular weight excluding hydrogens is 194 g/mol. The first-order valence-corrected chi connectivity index (χ1v) is 5.06. The highest BCUT2D eigenvalue weighted by Crippen LogP contribution is 2.10. The van der Waals surface area contributed by atoms with E-state index in [1.54, 1.807) is 32.9 Å². The van der Waals surface area contributed by atoms with Gasteiger partial charge in [-0.1, -0.05) is 6.08 Å². The van der Waals surface area contributed by atoms with Gasteiger partial charge >= 0.3 is 6.09 Å². The van der Waals surface area contributed by atoms with Crippen LogP contribution >= 0.6 is 0 Å². The number of allylic oxidation sites excluding steroid dienone is 1. The summed E-state index contributed by atoms with van der Waals surface area (Å²) in [6, 6.07) is -0.127.